The van der Waals surface area contributed by atoms with Gasteiger partial charge in [0.25, 0.3) is 0 Å². The standard InChI is InChI=1S/C18H31NO/c1-7-14(3)19(8-2)13-17(20)15-9-11-16(12-10-15)18(4,5)6/h9-12,14,17,20H,7-8,13H2,1-6H3. The minimum atomic E-state index is -0.405. The van der Waals surface area contributed by atoms with E-state index in [1.807, 2.05) is 0 Å². The molecule has 1 aromatic carbocycles. The number of likely N-dealkylation sites (N-methyl/N-ethyl adjacent to an activating group) is 1. The lowest BCUT2D eigenvalue weighted by Gasteiger charge is -2.29. The van der Waals surface area contributed by atoms with Crippen LogP contribution in [0.2, 0.25) is 0 Å². The van der Waals surface area contributed by atoms with Crippen LogP contribution in [0.3, 0.4) is 0 Å². The largest absolute Gasteiger partial charge is 0.387 e. The van der Waals surface area contributed by atoms with Gasteiger partial charge in [-0.2, -0.15) is 0 Å². The predicted molar refractivity (Wildman–Crippen MR) is 87.1 cm³/mol. The average Bonchev–Trinajstić information content (AvgIpc) is 2.42. The third-order valence-electron chi connectivity index (χ3n) is 4.19. The summed E-state index contributed by atoms with van der Waals surface area (Å²) < 4.78 is 0. The number of hydrogen-bond acceptors (Lipinski definition) is 2. The first-order chi connectivity index (χ1) is 9.29. The summed E-state index contributed by atoms with van der Waals surface area (Å²) in [6.07, 6.45) is 0.710. The Morgan fingerprint density at radius 2 is 1.65 bits per heavy atom. The highest BCUT2D eigenvalue weighted by Crippen LogP contribution is 2.24. The molecule has 0 radical (unpaired) electrons. The minimum absolute atomic E-state index is 0.162. The van der Waals surface area contributed by atoms with E-state index in [1.165, 1.54) is 5.56 Å². The first kappa shape index (κ1) is 17.2. The lowest BCUT2D eigenvalue weighted by Crippen LogP contribution is -2.35. The highest BCUT2D eigenvalue weighted by molar-refractivity contribution is 5.28. The maximum atomic E-state index is 10.4. The molecule has 0 heterocycles. The van der Waals surface area contributed by atoms with Crippen LogP contribution in [0.1, 0.15) is 65.2 Å². The fourth-order valence-electron chi connectivity index (χ4n) is 2.41. The monoisotopic (exact) mass is 277 g/mol. The summed E-state index contributed by atoms with van der Waals surface area (Å²) in [4.78, 5) is 2.34. The Kier molecular flexibility index (Phi) is 6.22. The zero-order valence-electron chi connectivity index (χ0n) is 14.0. The maximum Gasteiger partial charge on any atom is 0.0917 e. The number of hydrogen-bond donors (Lipinski definition) is 1. The summed E-state index contributed by atoms with van der Waals surface area (Å²) in [5, 5.41) is 10.4. The van der Waals surface area contributed by atoms with Gasteiger partial charge in [-0.05, 0) is 36.4 Å². The van der Waals surface area contributed by atoms with Gasteiger partial charge in [-0.15, -0.1) is 0 Å². The molecule has 0 fully saturated rings. The van der Waals surface area contributed by atoms with Crippen LogP contribution in [-0.4, -0.2) is 29.1 Å². The van der Waals surface area contributed by atoms with E-state index in [-0.39, 0.29) is 5.41 Å². The van der Waals surface area contributed by atoms with Gasteiger partial charge in [0.1, 0.15) is 0 Å². The lowest BCUT2D eigenvalue weighted by molar-refractivity contribution is 0.0934. The Balaban J connectivity index is 2.75. The summed E-state index contributed by atoms with van der Waals surface area (Å²) in [6, 6.07) is 8.92. The van der Waals surface area contributed by atoms with E-state index in [0.29, 0.717) is 12.6 Å². The predicted octanol–water partition coefficient (Wildman–Crippen LogP) is 4.14. The molecule has 0 aliphatic carbocycles. The molecule has 20 heavy (non-hydrogen) atoms. The first-order valence-electron chi connectivity index (χ1n) is 7.82. The normalized spacial score (nSPS) is 15.4. The Morgan fingerprint density at radius 3 is 2.05 bits per heavy atom. The van der Waals surface area contributed by atoms with Crippen LogP contribution < -0.4 is 0 Å². The Hall–Kier alpha value is -0.860. The van der Waals surface area contributed by atoms with E-state index in [0.717, 1.165) is 18.5 Å². The highest BCUT2D eigenvalue weighted by atomic mass is 16.3. The average molecular weight is 277 g/mol. The zero-order chi connectivity index (χ0) is 15.3. The van der Waals surface area contributed by atoms with E-state index >= 15 is 0 Å². The molecule has 114 valence electrons. The first-order valence-corrected chi connectivity index (χ1v) is 7.82. The third-order valence-corrected chi connectivity index (χ3v) is 4.19. The van der Waals surface area contributed by atoms with Gasteiger partial charge in [-0.3, -0.25) is 4.90 Å². The van der Waals surface area contributed by atoms with E-state index in [1.54, 1.807) is 0 Å². The van der Waals surface area contributed by atoms with Gasteiger partial charge in [0.15, 0.2) is 0 Å². The molecule has 0 spiro atoms. The van der Waals surface area contributed by atoms with Gasteiger partial charge in [-0.25, -0.2) is 0 Å². The highest BCUT2D eigenvalue weighted by Gasteiger charge is 2.18. The van der Waals surface area contributed by atoms with Crippen molar-refractivity contribution in [3.8, 4) is 0 Å². The van der Waals surface area contributed by atoms with Crippen molar-refractivity contribution in [2.24, 2.45) is 0 Å². The quantitative estimate of drug-likeness (QED) is 0.845. The van der Waals surface area contributed by atoms with Crippen molar-refractivity contribution >= 4 is 0 Å². The molecule has 1 N–H and O–H groups in total. The van der Waals surface area contributed by atoms with Crippen molar-refractivity contribution in [3.63, 3.8) is 0 Å². The van der Waals surface area contributed by atoms with Gasteiger partial charge < -0.3 is 5.11 Å². The molecule has 0 saturated heterocycles. The Bertz CT molecular complexity index is 391. The molecule has 0 bridgehead atoms. The van der Waals surface area contributed by atoms with E-state index in [9.17, 15) is 5.11 Å². The van der Waals surface area contributed by atoms with Gasteiger partial charge in [0.2, 0.25) is 0 Å². The summed E-state index contributed by atoms with van der Waals surface area (Å²) >= 11 is 0. The minimum Gasteiger partial charge on any atom is -0.387 e. The van der Waals surface area contributed by atoms with E-state index in [2.05, 4.69) is 70.7 Å². The molecule has 0 saturated carbocycles. The van der Waals surface area contributed by atoms with Crippen molar-refractivity contribution in [1.29, 1.82) is 0 Å². The van der Waals surface area contributed by atoms with Crippen LogP contribution in [0.4, 0.5) is 0 Å². The fourth-order valence-corrected chi connectivity index (χ4v) is 2.41. The number of aliphatic hydroxyl groups is 1. The SMILES string of the molecule is CCC(C)N(CC)CC(O)c1ccc(C(C)(C)C)cc1. The number of aliphatic hydroxyl groups excluding tert-OH is 1. The van der Waals surface area contributed by atoms with Crippen LogP contribution in [0.5, 0.6) is 0 Å². The zero-order valence-corrected chi connectivity index (χ0v) is 14.0. The fraction of sp³-hybridized carbons (Fsp3) is 0.667. The lowest BCUT2D eigenvalue weighted by atomic mass is 9.86. The number of rotatable bonds is 6. The molecule has 2 nitrogen and oxygen atoms in total. The van der Waals surface area contributed by atoms with Crippen LogP contribution in [-0.2, 0) is 5.41 Å². The Labute approximate surface area is 124 Å². The third kappa shape index (κ3) is 4.60. The van der Waals surface area contributed by atoms with Crippen molar-refractivity contribution < 1.29 is 5.11 Å². The summed E-state index contributed by atoms with van der Waals surface area (Å²) in [5.41, 5.74) is 2.48. The van der Waals surface area contributed by atoms with Gasteiger partial charge in [0, 0.05) is 12.6 Å². The molecular formula is C18H31NO. The van der Waals surface area contributed by atoms with Crippen molar-refractivity contribution in [2.75, 3.05) is 13.1 Å². The van der Waals surface area contributed by atoms with Gasteiger partial charge in [-0.1, -0.05) is 58.9 Å². The molecule has 0 amide bonds. The molecule has 1 aromatic rings. The molecular weight excluding hydrogens is 246 g/mol. The summed E-state index contributed by atoms with van der Waals surface area (Å²) in [7, 11) is 0. The van der Waals surface area contributed by atoms with E-state index in [4.69, 9.17) is 0 Å². The second-order valence-electron chi connectivity index (χ2n) is 6.73. The molecule has 0 aliphatic heterocycles. The topological polar surface area (TPSA) is 23.5 Å². The molecule has 2 heteroatoms. The second-order valence-corrected chi connectivity index (χ2v) is 6.73. The van der Waals surface area contributed by atoms with Gasteiger partial charge in [0.05, 0.1) is 6.10 Å². The van der Waals surface area contributed by atoms with Crippen molar-refractivity contribution in [3.05, 3.63) is 35.4 Å². The molecule has 2 atom stereocenters. The Morgan fingerprint density at radius 1 is 1.10 bits per heavy atom. The van der Waals surface area contributed by atoms with Crippen LogP contribution >= 0.6 is 0 Å². The smallest absolute Gasteiger partial charge is 0.0917 e. The molecule has 0 aromatic heterocycles. The molecule has 0 aliphatic rings. The molecule has 1 rings (SSSR count). The molecule has 2 unspecified atom stereocenters. The van der Waals surface area contributed by atoms with Gasteiger partial charge >= 0.3 is 0 Å². The van der Waals surface area contributed by atoms with Crippen molar-refractivity contribution in [1.82, 2.24) is 4.90 Å². The van der Waals surface area contributed by atoms with E-state index < -0.39 is 6.10 Å². The van der Waals surface area contributed by atoms with Crippen LogP contribution in [0.15, 0.2) is 24.3 Å². The van der Waals surface area contributed by atoms with Crippen molar-refractivity contribution in [2.45, 2.75) is 65.5 Å². The maximum absolute atomic E-state index is 10.4. The summed E-state index contributed by atoms with van der Waals surface area (Å²) in [6.45, 7) is 14.9. The number of benzene rings is 1. The summed E-state index contributed by atoms with van der Waals surface area (Å²) in [5.74, 6) is 0. The number of nitrogens with zero attached hydrogens (tertiary/aromatic N) is 1. The second kappa shape index (κ2) is 7.24. The van der Waals surface area contributed by atoms with Crippen LogP contribution in [0.25, 0.3) is 0 Å². The van der Waals surface area contributed by atoms with Crippen LogP contribution in [0, 0.1) is 0 Å².